The molecular formula is C22H26N6O3S. The average Bonchev–Trinajstić information content (AvgIpc) is 3.45. The summed E-state index contributed by atoms with van der Waals surface area (Å²) in [5.41, 5.74) is 1.96. The van der Waals surface area contributed by atoms with Gasteiger partial charge >= 0.3 is 0 Å². The summed E-state index contributed by atoms with van der Waals surface area (Å²) in [7, 11) is -1.23. The molecule has 1 aliphatic rings. The van der Waals surface area contributed by atoms with E-state index >= 15 is 0 Å². The van der Waals surface area contributed by atoms with Crippen molar-refractivity contribution in [1.82, 2.24) is 19.9 Å². The molecule has 1 aliphatic heterocycles. The van der Waals surface area contributed by atoms with Crippen molar-refractivity contribution >= 4 is 43.8 Å². The van der Waals surface area contributed by atoms with E-state index in [0.717, 1.165) is 36.4 Å². The van der Waals surface area contributed by atoms with Crippen LogP contribution >= 0.6 is 0 Å². The van der Waals surface area contributed by atoms with Crippen LogP contribution in [0.15, 0.2) is 46.1 Å². The first-order valence-electron chi connectivity index (χ1n) is 10.8. The Morgan fingerprint density at radius 1 is 1.28 bits per heavy atom. The fourth-order valence-corrected chi connectivity index (χ4v) is 5.31. The van der Waals surface area contributed by atoms with Gasteiger partial charge in [0.25, 0.3) is 6.01 Å². The molecule has 1 fully saturated rings. The number of benzene rings is 1. The Morgan fingerprint density at radius 3 is 2.94 bits per heavy atom. The molecule has 32 heavy (non-hydrogen) atoms. The molecule has 0 radical (unpaired) electrons. The van der Waals surface area contributed by atoms with Crippen molar-refractivity contribution in [1.29, 1.82) is 0 Å². The number of nitrogens with zero attached hydrogens (tertiary/aromatic N) is 5. The molecule has 0 spiro atoms. The van der Waals surface area contributed by atoms with Gasteiger partial charge in [-0.2, -0.15) is 4.98 Å². The normalized spacial score (nSPS) is 19.7. The lowest BCUT2D eigenvalue weighted by atomic mass is 9.92. The Hall–Kier alpha value is -3.14. The number of hydrogen-bond donors (Lipinski definition) is 1. The fourth-order valence-electron chi connectivity index (χ4n) is 4.41. The van der Waals surface area contributed by atoms with E-state index in [9.17, 15) is 8.42 Å². The summed E-state index contributed by atoms with van der Waals surface area (Å²) in [4.78, 5) is 21.2. The molecular weight excluding hydrogens is 428 g/mol. The molecule has 2 atom stereocenters. The van der Waals surface area contributed by atoms with Gasteiger partial charge in [-0.15, -0.1) is 0 Å². The molecule has 9 nitrogen and oxygen atoms in total. The number of likely N-dealkylation sites (N-methyl/N-ethyl adjacent to an activating group) is 1. The molecule has 168 valence electrons. The minimum Gasteiger partial charge on any atom is -0.423 e. The third-order valence-electron chi connectivity index (χ3n) is 6.44. The van der Waals surface area contributed by atoms with E-state index in [1.807, 2.05) is 12.3 Å². The van der Waals surface area contributed by atoms with Crippen molar-refractivity contribution < 1.29 is 12.8 Å². The Morgan fingerprint density at radius 2 is 2.12 bits per heavy atom. The molecule has 1 N–H and O–H groups in total. The van der Waals surface area contributed by atoms with E-state index in [2.05, 4.69) is 43.7 Å². The Labute approximate surface area is 186 Å². The monoisotopic (exact) mass is 454 g/mol. The van der Waals surface area contributed by atoms with Crippen molar-refractivity contribution in [3.63, 3.8) is 0 Å². The average molecular weight is 455 g/mol. The third-order valence-corrected chi connectivity index (χ3v) is 8.17. The van der Waals surface area contributed by atoms with Gasteiger partial charge in [0.1, 0.15) is 23.3 Å². The summed E-state index contributed by atoms with van der Waals surface area (Å²) >= 11 is 0. The third kappa shape index (κ3) is 3.48. The van der Waals surface area contributed by atoms with Crippen molar-refractivity contribution in [2.45, 2.75) is 31.2 Å². The second-order valence-electron chi connectivity index (χ2n) is 8.36. The quantitative estimate of drug-likeness (QED) is 0.490. The van der Waals surface area contributed by atoms with Gasteiger partial charge in [0, 0.05) is 26.3 Å². The topological polar surface area (TPSA) is 108 Å². The molecule has 1 saturated heterocycles. The first-order chi connectivity index (χ1) is 15.4. The standard InChI is InChI=1S/C22H26N6O3S/c1-4-32(29,30)15-5-6-19-17(11-15)26-22(31-19)28-10-8-14(2)18(12-28)27(3)21-16-7-9-23-20(16)24-13-25-21/h5-7,9,11,13-14,18H,4,8,10,12H2,1-3H3,(H,23,24,25). The minimum atomic E-state index is -3.29. The van der Waals surface area contributed by atoms with Gasteiger partial charge in [-0.25, -0.2) is 18.4 Å². The van der Waals surface area contributed by atoms with Crippen LogP contribution in [0.25, 0.3) is 22.1 Å². The van der Waals surface area contributed by atoms with Crippen molar-refractivity contribution in [2.75, 3.05) is 35.7 Å². The van der Waals surface area contributed by atoms with Crippen LogP contribution in [0.3, 0.4) is 0 Å². The maximum atomic E-state index is 12.2. The van der Waals surface area contributed by atoms with Gasteiger partial charge in [0.2, 0.25) is 0 Å². The Bertz CT molecular complexity index is 1380. The van der Waals surface area contributed by atoms with Crippen molar-refractivity contribution in [3.8, 4) is 0 Å². The number of H-pyrrole nitrogens is 1. The number of rotatable bonds is 5. The van der Waals surface area contributed by atoms with E-state index in [1.165, 1.54) is 0 Å². The molecule has 4 heterocycles. The van der Waals surface area contributed by atoms with Gasteiger partial charge < -0.3 is 19.2 Å². The van der Waals surface area contributed by atoms with Gasteiger partial charge in [0.05, 0.1) is 22.1 Å². The number of piperidine rings is 1. The highest BCUT2D eigenvalue weighted by Gasteiger charge is 2.32. The molecule has 0 aliphatic carbocycles. The number of nitrogens with one attached hydrogen (secondary N) is 1. The van der Waals surface area contributed by atoms with Crippen LogP contribution in [0, 0.1) is 5.92 Å². The van der Waals surface area contributed by atoms with Crippen LogP contribution in [0.1, 0.15) is 20.3 Å². The number of sulfone groups is 1. The second-order valence-corrected chi connectivity index (χ2v) is 10.6. The van der Waals surface area contributed by atoms with Crippen LogP contribution in [-0.4, -0.2) is 60.3 Å². The minimum absolute atomic E-state index is 0.0543. The predicted octanol–water partition coefficient (Wildman–Crippen LogP) is 3.24. The Kier molecular flexibility index (Phi) is 5.04. The van der Waals surface area contributed by atoms with Gasteiger partial charge in [-0.05, 0) is 36.6 Å². The molecule has 1 aromatic carbocycles. The zero-order chi connectivity index (χ0) is 22.5. The summed E-state index contributed by atoms with van der Waals surface area (Å²) in [6, 6.07) is 7.58. The van der Waals surface area contributed by atoms with E-state index in [4.69, 9.17) is 4.42 Å². The zero-order valence-corrected chi connectivity index (χ0v) is 19.1. The lowest BCUT2D eigenvalue weighted by molar-refractivity contribution is 0.355. The Balaban J connectivity index is 1.44. The van der Waals surface area contributed by atoms with Crippen molar-refractivity contribution in [2.24, 2.45) is 5.92 Å². The molecule has 3 aromatic heterocycles. The van der Waals surface area contributed by atoms with Crippen LogP contribution in [0.4, 0.5) is 11.8 Å². The van der Waals surface area contributed by atoms with Crippen LogP contribution < -0.4 is 9.80 Å². The van der Waals surface area contributed by atoms with E-state index < -0.39 is 9.84 Å². The second kappa shape index (κ2) is 7.77. The summed E-state index contributed by atoms with van der Waals surface area (Å²) in [6.45, 7) is 5.43. The smallest absolute Gasteiger partial charge is 0.298 e. The van der Waals surface area contributed by atoms with Gasteiger partial charge in [0.15, 0.2) is 15.4 Å². The van der Waals surface area contributed by atoms with E-state index in [1.54, 1.807) is 31.5 Å². The highest BCUT2D eigenvalue weighted by molar-refractivity contribution is 7.91. The number of oxazole rings is 1. The highest BCUT2D eigenvalue weighted by Crippen LogP contribution is 2.32. The molecule has 10 heteroatoms. The maximum Gasteiger partial charge on any atom is 0.298 e. The summed E-state index contributed by atoms with van der Waals surface area (Å²) < 4.78 is 30.5. The van der Waals surface area contributed by atoms with E-state index in [-0.39, 0.29) is 16.7 Å². The fraction of sp³-hybridized carbons (Fsp3) is 0.409. The molecule has 4 aromatic rings. The van der Waals surface area contributed by atoms with Gasteiger partial charge in [-0.1, -0.05) is 13.8 Å². The first-order valence-corrected chi connectivity index (χ1v) is 12.4. The lowest BCUT2D eigenvalue weighted by Crippen LogP contribution is -2.51. The SMILES string of the molecule is CCS(=O)(=O)c1ccc2oc(N3CCC(C)C(N(C)c4ncnc5[nH]ccc45)C3)nc2c1. The number of aromatic nitrogens is 4. The number of fused-ring (bicyclic) bond motifs is 2. The number of anilines is 2. The molecule has 2 unspecified atom stereocenters. The van der Waals surface area contributed by atoms with Gasteiger partial charge in [-0.3, -0.25) is 0 Å². The first kappa shape index (κ1) is 20.7. The molecule has 0 saturated carbocycles. The lowest BCUT2D eigenvalue weighted by Gasteiger charge is -2.41. The number of hydrogen-bond acceptors (Lipinski definition) is 8. The maximum absolute atomic E-state index is 12.2. The van der Waals surface area contributed by atoms with Crippen LogP contribution in [-0.2, 0) is 9.84 Å². The molecule has 0 amide bonds. The zero-order valence-electron chi connectivity index (χ0n) is 18.3. The summed E-state index contributed by atoms with van der Waals surface area (Å²) in [6.07, 6.45) is 4.43. The summed E-state index contributed by atoms with van der Waals surface area (Å²) in [5, 5.41) is 0.992. The van der Waals surface area contributed by atoms with E-state index in [0.29, 0.717) is 23.0 Å². The number of aromatic amines is 1. The largest absolute Gasteiger partial charge is 0.423 e. The highest BCUT2D eigenvalue weighted by atomic mass is 32.2. The molecule has 0 bridgehead atoms. The van der Waals surface area contributed by atoms with Crippen LogP contribution in [0.5, 0.6) is 0 Å². The van der Waals surface area contributed by atoms with Crippen molar-refractivity contribution in [3.05, 3.63) is 36.8 Å². The summed E-state index contributed by atoms with van der Waals surface area (Å²) in [5.74, 6) is 1.39. The molecule has 5 rings (SSSR count). The predicted molar refractivity (Wildman–Crippen MR) is 124 cm³/mol. The van der Waals surface area contributed by atoms with Crippen LogP contribution in [0.2, 0.25) is 0 Å².